The van der Waals surface area contributed by atoms with Crippen molar-refractivity contribution in [2.45, 2.75) is 39.7 Å². The smallest absolute Gasteiger partial charge is 0.233 e. The lowest BCUT2D eigenvalue weighted by Gasteiger charge is -2.23. The van der Waals surface area contributed by atoms with E-state index in [4.69, 9.17) is 0 Å². The number of hydrogen-bond donors (Lipinski definition) is 2. The molecule has 5 heteroatoms. The zero-order valence-electron chi connectivity index (χ0n) is 11.6. The molecule has 2 N–H and O–H groups in total. The molecule has 1 rings (SSSR count). The summed E-state index contributed by atoms with van der Waals surface area (Å²) in [6.07, 6.45) is 2.80. The topological polar surface area (TPSA) is 54.0 Å². The van der Waals surface area contributed by atoms with E-state index in [1.165, 1.54) is 0 Å². The lowest BCUT2D eigenvalue weighted by molar-refractivity contribution is -0.120. The third kappa shape index (κ3) is 5.14. The number of carbonyl (C=O) groups is 1. The molecule has 1 heterocycles. The summed E-state index contributed by atoms with van der Waals surface area (Å²) in [6.45, 7) is 9.44. The molecule has 1 amide bonds. The first-order chi connectivity index (χ1) is 8.42. The minimum atomic E-state index is -0.260. The number of carbonyl (C=O) groups excluding carboxylic acids is 1. The lowest BCUT2D eigenvalue weighted by atomic mass is 10.1. The van der Waals surface area contributed by atoms with Crippen molar-refractivity contribution in [1.82, 2.24) is 15.6 Å². The van der Waals surface area contributed by atoms with Crippen LogP contribution in [0.3, 0.4) is 0 Å². The average Bonchev–Trinajstić information content (AvgIpc) is 2.80. The highest BCUT2D eigenvalue weighted by atomic mass is 32.1. The Morgan fingerprint density at radius 3 is 2.78 bits per heavy atom. The van der Waals surface area contributed by atoms with E-state index in [9.17, 15) is 4.79 Å². The van der Waals surface area contributed by atoms with Crippen molar-refractivity contribution < 1.29 is 4.79 Å². The van der Waals surface area contributed by atoms with Crippen molar-refractivity contribution in [3.63, 3.8) is 0 Å². The van der Waals surface area contributed by atoms with Crippen LogP contribution in [0.15, 0.2) is 11.6 Å². The Bertz CT molecular complexity index is 360. The molecule has 0 aliphatic heterocycles. The largest absolute Gasteiger partial charge is 0.355 e. The van der Waals surface area contributed by atoms with Crippen LogP contribution in [0.4, 0.5) is 0 Å². The number of nitrogens with zero attached hydrogens (tertiary/aromatic N) is 1. The summed E-state index contributed by atoms with van der Waals surface area (Å²) in [5, 5.41) is 9.09. The molecule has 1 aromatic heterocycles. The summed E-state index contributed by atoms with van der Waals surface area (Å²) >= 11 is 1.60. The van der Waals surface area contributed by atoms with Crippen LogP contribution >= 0.6 is 11.3 Å². The maximum atomic E-state index is 11.7. The number of thiazole rings is 1. The minimum Gasteiger partial charge on any atom is -0.355 e. The van der Waals surface area contributed by atoms with E-state index in [2.05, 4.69) is 29.5 Å². The van der Waals surface area contributed by atoms with Gasteiger partial charge in [-0.05, 0) is 26.2 Å². The molecule has 0 fully saturated rings. The summed E-state index contributed by atoms with van der Waals surface area (Å²) < 4.78 is 0. The van der Waals surface area contributed by atoms with Gasteiger partial charge in [-0.1, -0.05) is 13.8 Å². The second kappa shape index (κ2) is 6.85. The van der Waals surface area contributed by atoms with Gasteiger partial charge < -0.3 is 5.32 Å². The molecule has 0 saturated heterocycles. The first kappa shape index (κ1) is 15.1. The Kier molecular flexibility index (Phi) is 5.75. The van der Waals surface area contributed by atoms with Gasteiger partial charge in [0, 0.05) is 18.1 Å². The quantitative estimate of drug-likeness (QED) is 0.797. The summed E-state index contributed by atoms with van der Waals surface area (Å²) in [5.74, 6) is 0.658. The van der Waals surface area contributed by atoms with Gasteiger partial charge >= 0.3 is 0 Å². The first-order valence-electron chi connectivity index (χ1n) is 6.33. The summed E-state index contributed by atoms with van der Waals surface area (Å²) in [6, 6.07) is 0. The molecular weight excluding hydrogens is 246 g/mol. The molecule has 0 unspecified atom stereocenters. The normalized spacial score (nSPS) is 11.8. The van der Waals surface area contributed by atoms with Gasteiger partial charge in [0.05, 0.1) is 12.1 Å². The number of amides is 1. The van der Waals surface area contributed by atoms with Gasteiger partial charge in [0.2, 0.25) is 5.91 Å². The van der Waals surface area contributed by atoms with Crippen molar-refractivity contribution in [2.24, 2.45) is 5.92 Å². The lowest BCUT2D eigenvalue weighted by Crippen LogP contribution is -2.43. The van der Waals surface area contributed by atoms with Crippen LogP contribution in [-0.2, 0) is 10.3 Å². The van der Waals surface area contributed by atoms with Crippen molar-refractivity contribution in [2.75, 3.05) is 13.1 Å². The highest BCUT2D eigenvalue weighted by molar-refractivity contribution is 7.09. The van der Waals surface area contributed by atoms with Crippen molar-refractivity contribution >= 4 is 17.2 Å². The highest BCUT2D eigenvalue weighted by Gasteiger charge is 2.23. The molecule has 0 atom stereocenters. The van der Waals surface area contributed by atoms with E-state index in [0.29, 0.717) is 12.5 Å². The fourth-order valence-corrected chi connectivity index (χ4v) is 2.21. The molecule has 0 spiro atoms. The number of aromatic nitrogens is 1. The molecule has 102 valence electrons. The predicted molar refractivity (Wildman–Crippen MR) is 75.6 cm³/mol. The molecule has 18 heavy (non-hydrogen) atoms. The van der Waals surface area contributed by atoms with E-state index >= 15 is 0 Å². The van der Waals surface area contributed by atoms with Gasteiger partial charge in [0.15, 0.2) is 0 Å². The second-order valence-electron chi connectivity index (χ2n) is 5.35. The summed E-state index contributed by atoms with van der Waals surface area (Å²) in [5.41, 5.74) is -0.260. The van der Waals surface area contributed by atoms with E-state index in [0.717, 1.165) is 18.0 Å². The Morgan fingerprint density at radius 2 is 2.22 bits per heavy atom. The van der Waals surface area contributed by atoms with Crippen LogP contribution in [-0.4, -0.2) is 24.0 Å². The van der Waals surface area contributed by atoms with Gasteiger partial charge in [-0.25, -0.2) is 4.98 Å². The predicted octanol–water partition coefficient (Wildman–Crippen LogP) is 2.13. The van der Waals surface area contributed by atoms with Gasteiger partial charge in [0.1, 0.15) is 5.01 Å². The molecule has 0 aliphatic carbocycles. The molecule has 0 aromatic carbocycles. The van der Waals surface area contributed by atoms with Crippen LogP contribution < -0.4 is 10.6 Å². The standard InChI is InChI=1S/C13H23N3OS/c1-10(2)5-6-14-11(17)9-16-13(3,4)12-15-7-8-18-12/h7-8,10,16H,5-6,9H2,1-4H3,(H,14,17). The Morgan fingerprint density at radius 1 is 1.50 bits per heavy atom. The Hall–Kier alpha value is -0.940. The monoisotopic (exact) mass is 269 g/mol. The fraction of sp³-hybridized carbons (Fsp3) is 0.692. The van der Waals surface area contributed by atoms with Crippen molar-refractivity contribution in [1.29, 1.82) is 0 Å². The van der Waals surface area contributed by atoms with Crippen LogP contribution in [0, 0.1) is 5.92 Å². The molecule has 4 nitrogen and oxygen atoms in total. The average molecular weight is 269 g/mol. The Labute approximate surface area is 113 Å². The van der Waals surface area contributed by atoms with E-state index in [-0.39, 0.29) is 11.4 Å². The van der Waals surface area contributed by atoms with E-state index < -0.39 is 0 Å². The van der Waals surface area contributed by atoms with Crippen LogP contribution in [0.1, 0.15) is 39.1 Å². The van der Waals surface area contributed by atoms with Gasteiger partial charge in [-0.15, -0.1) is 11.3 Å². The van der Waals surface area contributed by atoms with Crippen LogP contribution in [0.25, 0.3) is 0 Å². The van der Waals surface area contributed by atoms with E-state index in [1.807, 2.05) is 19.2 Å². The molecule has 0 bridgehead atoms. The minimum absolute atomic E-state index is 0.0419. The van der Waals surface area contributed by atoms with E-state index in [1.54, 1.807) is 17.5 Å². The third-order valence-electron chi connectivity index (χ3n) is 2.70. The first-order valence-corrected chi connectivity index (χ1v) is 7.21. The van der Waals surface area contributed by atoms with Gasteiger partial charge in [-0.3, -0.25) is 10.1 Å². The highest BCUT2D eigenvalue weighted by Crippen LogP contribution is 2.21. The maximum Gasteiger partial charge on any atom is 0.233 e. The molecule has 0 saturated carbocycles. The fourth-order valence-electron chi connectivity index (χ4n) is 1.47. The van der Waals surface area contributed by atoms with Crippen LogP contribution in [0.5, 0.6) is 0 Å². The molecule has 1 aromatic rings. The number of hydrogen-bond acceptors (Lipinski definition) is 4. The van der Waals surface area contributed by atoms with Crippen LogP contribution in [0.2, 0.25) is 0 Å². The SMILES string of the molecule is CC(C)CCNC(=O)CNC(C)(C)c1nccs1. The number of rotatable bonds is 7. The zero-order valence-corrected chi connectivity index (χ0v) is 12.4. The summed E-state index contributed by atoms with van der Waals surface area (Å²) in [7, 11) is 0. The van der Waals surface area contributed by atoms with Crippen molar-refractivity contribution in [3.05, 3.63) is 16.6 Å². The zero-order chi connectivity index (χ0) is 13.6. The molecular formula is C13H23N3OS. The number of nitrogens with one attached hydrogen (secondary N) is 2. The van der Waals surface area contributed by atoms with Gasteiger partial charge in [-0.2, -0.15) is 0 Å². The second-order valence-corrected chi connectivity index (χ2v) is 6.24. The molecule has 0 radical (unpaired) electrons. The van der Waals surface area contributed by atoms with Gasteiger partial charge in [0.25, 0.3) is 0 Å². The van der Waals surface area contributed by atoms with Crippen molar-refractivity contribution in [3.8, 4) is 0 Å². The Balaban J connectivity index is 2.29. The maximum absolute atomic E-state index is 11.7. The summed E-state index contributed by atoms with van der Waals surface area (Å²) in [4.78, 5) is 15.9. The third-order valence-corrected chi connectivity index (χ3v) is 3.80. The molecule has 0 aliphatic rings.